The van der Waals surface area contributed by atoms with Crippen LogP contribution in [-0.4, -0.2) is 49.1 Å². The highest BCUT2D eigenvalue weighted by molar-refractivity contribution is 7.89. The molecule has 0 aromatic carbocycles. The van der Waals surface area contributed by atoms with Gasteiger partial charge in [0.15, 0.2) is 0 Å². The van der Waals surface area contributed by atoms with Crippen molar-refractivity contribution in [2.24, 2.45) is 0 Å². The number of hydrogen-bond acceptors (Lipinski definition) is 4. The Labute approximate surface area is 108 Å². The van der Waals surface area contributed by atoms with Crippen LogP contribution in [0.4, 0.5) is 0 Å². The van der Waals surface area contributed by atoms with Crippen LogP contribution < -0.4 is 0 Å². The lowest BCUT2D eigenvalue weighted by Gasteiger charge is -2.34. The van der Waals surface area contributed by atoms with E-state index in [0.717, 1.165) is 25.4 Å². The van der Waals surface area contributed by atoms with Crippen molar-refractivity contribution in [2.45, 2.75) is 25.6 Å². The summed E-state index contributed by atoms with van der Waals surface area (Å²) in [7, 11) is -3.10. The van der Waals surface area contributed by atoms with Crippen molar-refractivity contribution >= 4 is 10.0 Å². The Kier molecular flexibility index (Phi) is 4.09. The lowest BCUT2D eigenvalue weighted by atomic mass is 10.3. The molecule has 2 heterocycles. The van der Waals surface area contributed by atoms with Crippen molar-refractivity contribution in [3.8, 4) is 0 Å². The van der Waals surface area contributed by atoms with E-state index < -0.39 is 10.0 Å². The molecule has 5 nitrogen and oxygen atoms in total. The SMILES string of the molecule is CC(C)S(=O)(=O)N1CCN(Cc2ccco2)CC1. The first-order valence-electron chi connectivity index (χ1n) is 6.24. The van der Waals surface area contributed by atoms with Gasteiger partial charge in [0.05, 0.1) is 18.1 Å². The molecule has 2 rings (SSSR count). The minimum absolute atomic E-state index is 0.339. The summed E-state index contributed by atoms with van der Waals surface area (Å²) in [6.07, 6.45) is 1.66. The molecule has 0 aliphatic carbocycles. The van der Waals surface area contributed by atoms with Crippen LogP contribution in [0.3, 0.4) is 0 Å². The zero-order chi connectivity index (χ0) is 13.2. The number of hydrogen-bond donors (Lipinski definition) is 0. The summed E-state index contributed by atoms with van der Waals surface area (Å²) in [6, 6.07) is 3.81. The molecule has 0 radical (unpaired) electrons. The van der Waals surface area contributed by atoms with Gasteiger partial charge >= 0.3 is 0 Å². The summed E-state index contributed by atoms with van der Waals surface area (Å²) in [5, 5.41) is -0.339. The predicted octanol–water partition coefficient (Wildman–Crippen LogP) is 1.14. The van der Waals surface area contributed by atoms with Crippen LogP contribution >= 0.6 is 0 Å². The molecule has 1 aromatic rings. The van der Waals surface area contributed by atoms with Crippen LogP contribution in [-0.2, 0) is 16.6 Å². The fourth-order valence-electron chi connectivity index (χ4n) is 2.06. The van der Waals surface area contributed by atoms with Gasteiger partial charge in [-0.15, -0.1) is 0 Å². The van der Waals surface area contributed by atoms with E-state index in [9.17, 15) is 8.42 Å². The van der Waals surface area contributed by atoms with Gasteiger partial charge in [0.2, 0.25) is 10.0 Å². The van der Waals surface area contributed by atoms with Gasteiger partial charge in [-0.3, -0.25) is 4.90 Å². The molecule has 0 amide bonds. The van der Waals surface area contributed by atoms with Gasteiger partial charge in [0.1, 0.15) is 5.76 Å². The first kappa shape index (κ1) is 13.6. The van der Waals surface area contributed by atoms with Gasteiger partial charge in [-0.1, -0.05) is 0 Å². The van der Waals surface area contributed by atoms with Gasteiger partial charge in [0.25, 0.3) is 0 Å². The quantitative estimate of drug-likeness (QED) is 0.824. The fraction of sp³-hybridized carbons (Fsp3) is 0.667. The van der Waals surface area contributed by atoms with Gasteiger partial charge in [-0.25, -0.2) is 8.42 Å². The van der Waals surface area contributed by atoms with Crippen molar-refractivity contribution in [1.29, 1.82) is 0 Å². The van der Waals surface area contributed by atoms with Crippen molar-refractivity contribution in [3.05, 3.63) is 24.2 Å². The second-order valence-electron chi connectivity index (χ2n) is 4.85. The number of piperazine rings is 1. The number of nitrogens with zero attached hydrogens (tertiary/aromatic N) is 2. The highest BCUT2D eigenvalue weighted by atomic mass is 32.2. The van der Waals surface area contributed by atoms with Gasteiger partial charge in [0, 0.05) is 26.2 Å². The van der Waals surface area contributed by atoms with E-state index >= 15 is 0 Å². The zero-order valence-electron chi connectivity index (χ0n) is 10.9. The molecule has 1 fully saturated rings. The van der Waals surface area contributed by atoms with Crippen molar-refractivity contribution in [3.63, 3.8) is 0 Å². The van der Waals surface area contributed by atoms with Gasteiger partial charge < -0.3 is 4.42 Å². The zero-order valence-corrected chi connectivity index (χ0v) is 11.7. The molecule has 1 aliphatic rings. The topological polar surface area (TPSA) is 53.8 Å². The molecule has 1 aliphatic heterocycles. The first-order chi connectivity index (χ1) is 8.50. The maximum Gasteiger partial charge on any atom is 0.216 e. The van der Waals surface area contributed by atoms with Crippen LogP contribution in [0.25, 0.3) is 0 Å². The molecule has 0 atom stereocenters. The van der Waals surface area contributed by atoms with Crippen LogP contribution in [0.5, 0.6) is 0 Å². The Hall–Kier alpha value is -0.850. The van der Waals surface area contributed by atoms with Crippen molar-refractivity contribution < 1.29 is 12.8 Å². The van der Waals surface area contributed by atoms with Crippen molar-refractivity contribution in [1.82, 2.24) is 9.21 Å². The fourth-order valence-corrected chi connectivity index (χ4v) is 3.33. The highest BCUT2D eigenvalue weighted by Crippen LogP contribution is 2.14. The summed E-state index contributed by atoms with van der Waals surface area (Å²) in [5.41, 5.74) is 0. The number of sulfonamides is 1. The monoisotopic (exact) mass is 272 g/mol. The van der Waals surface area contributed by atoms with E-state index in [0.29, 0.717) is 13.1 Å². The van der Waals surface area contributed by atoms with Crippen LogP contribution in [0.2, 0.25) is 0 Å². The second kappa shape index (κ2) is 5.42. The molecule has 18 heavy (non-hydrogen) atoms. The second-order valence-corrected chi connectivity index (χ2v) is 7.34. The molecule has 6 heteroatoms. The van der Waals surface area contributed by atoms with Crippen LogP contribution in [0.15, 0.2) is 22.8 Å². The minimum atomic E-state index is -3.10. The van der Waals surface area contributed by atoms with E-state index in [1.165, 1.54) is 0 Å². The molecule has 0 bridgehead atoms. The summed E-state index contributed by atoms with van der Waals surface area (Å²) in [4.78, 5) is 2.21. The molecule has 0 spiro atoms. The summed E-state index contributed by atoms with van der Waals surface area (Å²) in [6.45, 7) is 6.86. The average molecular weight is 272 g/mol. The largest absolute Gasteiger partial charge is 0.468 e. The van der Waals surface area contributed by atoms with Crippen LogP contribution in [0, 0.1) is 0 Å². The third-order valence-corrected chi connectivity index (χ3v) is 5.52. The lowest BCUT2D eigenvalue weighted by molar-refractivity contribution is 0.170. The number of furan rings is 1. The Morgan fingerprint density at radius 1 is 1.28 bits per heavy atom. The average Bonchev–Trinajstić information content (AvgIpc) is 2.82. The maximum absolute atomic E-state index is 12.0. The van der Waals surface area contributed by atoms with E-state index in [2.05, 4.69) is 4.90 Å². The Bertz CT molecular complexity index is 460. The lowest BCUT2D eigenvalue weighted by Crippen LogP contribution is -2.49. The predicted molar refractivity (Wildman–Crippen MR) is 69.6 cm³/mol. The molecular formula is C12H20N2O3S. The maximum atomic E-state index is 12.0. The molecule has 1 aromatic heterocycles. The number of rotatable bonds is 4. The normalized spacial score (nSPS) is 19.5. The highest BCUT2D eigenvalue weighted by Gasteiger charge is 2.29. The Morgan fingerprint density at radius 2 is 1.94 bits per heavy atom. The smallest absolute Gasteiger partial charge is 0.216 e. The first-order valence-corrected chi connectivity index (χ1v) is 7.74. The summed E-state index contributed by atoms with van der Waals surface area (Å²) < 4.78 is 30.9. The standard InChI is InChI=1S/C12H20N2O3S/c1-11(2)18(15,16)14-7-5-13(6-8-14)10-12-4-3-9-17-12/h3-4,9,11H,5-8,10H2,1-2H3. The minimum Gasteiger partial charge on any atom is -0.468 e. The van der Waals surface area contributed by atoms with Crippen molar-refractivity contribution in [2.75, 3.05) is 26.2 Å². The molecular weight excluding hydrogens is 252 g/mol. The molecule has 0 saturated carbocycles. The third kappa shape index (κ3) is 2.93. The molecule has 102 valence electrons. The Morgan fingerprint density at radius 3 is 2.44 bits per heavy atom. The molecule has 0 N–H and O–H groups in total. The third-order valence-electron chi connectivity index (χ3n) is 3.25. The van der Waals surface area contributed by atoms with E-state index in [-0.39, 0.29) is 5.25 Å². The van der Waals surface area contributed by atoms with E-state index in [1.807, 2.05) is 12.1 Å². The summed E-state index contributed by atoms with van der Waals surface area (Å²) in [5.74, 6) is 0.926. The van der Waals surface area contributed by atoms with E-state index in [1.54, 1.807) is 24.4 Å². The van der Waals surface area contributed by atoms with E-state index in [4.69, 9.17) is 4.42 Å². The van der Waals surface area contributed by atoms with Gasteiger partial charge in [-0.05, 0) is 26.0 Å². The molecule has 0 unspecified atom stereocenters. The van der Waals surface area contributed by atoms with Crippen LogP contribution in [0.1, 0.15) is 19.6 Å². The Balaban J connectivity index is 1.89. The molecule has 1 saturated heterocycles. The van der Waals surface area contributed by atoms with Gasteiger partial charge in [-0.2, -0.15) is 4.31 Å². The summed E-state index contributed by atoms with van der Waals surface area (Å²) >= 11 is 0.